The van der Waals surface area contributed by atoms with Gasteiger partial charge in [0.15, 0.2) is 5.82 Å². The van der Waals surface area contributed by atoms with Crippen LogP contribution >= 0.6 is 23.2 Å². The molecule has 0 aliphatic heterocycles. The third-order valence-electron chi connectivity index (χ3n) is 2.93. The molecule has 0 unspecified atom stereocenters. The minimum atomic E-state index is -0.298. The molecule has 0 radical (unpaired) electrons. The van der Waals surface area contributed by atoms with Crippen LogP contribution in [0.5, 0.6) is 0 Å². The van der Waals surface area contributed by atoms with E-state index in [2.05, 4.69) is 15.8 Å². The zero-order valence-corrected chi connectivity index (χ0v) is 14.6. The first-order valence-electron chi connectivity index (χ1n) is 7.00. The van der Waals surface area contributed by atoms with Crippen LogP contribution in [0.2, 0.25) is 10.0 Å². The Morgan fingerprint density at radius 1 is 1.12 bits per heavy atom. The van der Waals surface area contributed by atoms with Crippen molar-refractivity contribution in [3.63, 3.8) is 0 Å². The Kier molecular flexibility index (Phi) is 6.19. The highest BCUT2D eigenvalue weighted by atomic mass is 35.5. The fraction of sp³-hybridized carbons (Fsp3) is 0.267. The number of amides is 2. The van der Waals surface area contributed by atoms with Crippen molar-refractivity contribution in [3.8, 4) is 0 Å². The normalized spacial score (nSPS) is 10.7. The molecular weight excluding hydrogens is 355 g/mol. The molecule has 0 aliphatic rings. The van der Waals surface area contributed by atoms with Gasteiger partial charge in [-0.25, -0.2) is 0 Å². The van der Waals surface area contributed by atoms with Gasteiger partial charge in [-0.2, -0.15) is 0 Å². The average molecular weight is 371 g/mol. The summed E-state index contributed by atoms with van der Waals surface area (Å²) in [5.74, 6) is 0.361. The molecule has 0 saturated carbocycles. The van der Waals surface area contributed by atoms with E-state index in [9.17, 15) is 9.59 Å². The molecule has 2 N–H and O–H groups in total. The van der Waals surface area contributed by atoms with Crippen molar-refractivity contribution in [2.75, 3.05) is 30.8 Å². The topological polar surface area (TPSA) is 87.5 Å². The number of aromatic nitrogens is 1. The molecule has 9 heteroatoms. The van der Waals surface area contributed by atoms with Crippen molar-refractivity contribution in [1.29, 1.82) is 0 Å². The minimum Gasteiger partial charge on any atom is -0.360 e. The van der Waals surface area contributed by atoms with Gasteiger partial charge in [-0.3, -0.25) is 14.5 Å². The second-order valence-electron chi connectivity index (χ2n) is 5.22. The van der Waals surface area contributed by atoms with E-state index in [1.54, 1.807) is 43.1 Å². The zero-order chi connectivity index (χ0) is 17.7. The molecule has 1 heterocycles. The second kappa shape index (κ2) is 8.14. The molecule has 0 saturated heterocycles. The molecule has 2 rings (SSSR count). The monoisotopic (exact) mass is 370 g/mol. The Balaban J connectivity index is 1.80. The van der Waals surface area contributed by atoms with Crippen LogP contribution in [0.3, 0.4) is 0 Å². The number of likely N-dealkylation sites (N-methyl/N-ethyl adjacent to an activating group) is 1. The van der Waals surface area contributed by atoms with E-state index in [4.69, 9.17) is 27.7 Å². The Labute approximate surface area is 148 Å². The number of hydrogen-bond donors (Lipinski definition) is 2. The zero-order valence-electron chi connectivity index (χ0n) is 13.1. The summed E-state index contributed by atoms with van der Waals surface area (Å²) < 4.78 is 4.86. The third-order valence-corrected chi connectivity index (χ3v) is 3.66. The predicted molar refractivity (Wildman–Crippen MR) is 92.5 cm³/mol. The fourth-order valence-electron chi connectivity index (χ4n) is 1.93. The van der Waals surface area contributed by atoms with E-state index in [0.717, 1.165) is 0 Å². The van der Waals surface area contributed by atoms with Crippen molar-refractivity contribution in [2.45, 2.75) is 6.92 Å². The van der Waals surface area contributed by atoms with E-state index < -0.39 is 0 Å². The first-order valence-corrected chi connectivity index (χ1v) is 7.75. The summed E-state index contributed by atoms with van der Waals surface area (Å²) in [6.45, 7) is 1.79. The number of nitrogens with one attached hydrogen (secondary N) is 2. The van der Waals surface area contributed by atoms with Crippen LogP contribution in [-0.2, 0) is 9.59 Å². The molecular formula is C15H16Cl2N4O3. The summed E-state index contributed by atoms with van der Waals surface area (Å²) in [5, 5.41) is 9.69. The van der Waals surface area contributed by atoms with Gasteiger partial charge in [0, 0.05) is 11.8 Å². The largest absolute Gasteiger partial charge is 0.360 e. The van der Waals surface area contributed by atoms with Gasteiger partial charge in [0.1, 0.15) is 5.76 Å². The van der Waals surface area contributed by atoms with Crippen molar-refractivity contribution >= 4 is 46.5 Å². The predicted octanol–water partition coefficient (Wildman–Crippen LogP) is 2.80. The van der Waals surface area contributed by atoms with Crippen molar-refractivity contribution in [3.05, 3.63) is 40.1 Å². The second-order valence-corrected chi connectivity index (χ2v) is 6.03. The average Bonchev–Trinajstić information content (AvgIpc) is 2.87. The van der Waals surface area contributed by atoms with Gasteiger partial charge in [-0.15, -0.1) is 0 Å². The van der Waals surface area contributed by atoms with Crippen molar-refractivity contribution in [1.82, 2.24) is 10.1 Å². The third kappa shape index (κ3) is 5.52. The number of carbonyl (C=O) groups excluding carboxylic acids is 2. The van der Waals surface area contributed by atoms with Crippen LogP contribution in [0.1, 0.15) is 5.76 Å². The molecule has 1 aromatic heterocycles. The number of benzene rings is 1. The standard InChI is InChI=1S/C15H16Cl2N4O3/c1-9-5-13(20-24-9)19-15(23)8-21(2)7-14(22)18-10-3-4-11(16)12(17)6-10/h3-6H,7-8H2,1-2H3,(H,18,22)(H,19,20,23). The van der Waals surface area contributed by atoms with E-state index in [0.29, 0.717) is 27.3 Å². The Morgan fingerprint density at radius 3 is 2.38 bits per heavy atom. The van der Waals surface area contributed by atoms with Gasteiger partial charge in [-0.1, -0.05) is 28.4 Å². The molecule has 0 aliphatic carbocycles. The molecule has 24 heavy (non-hydrogen) atoms. The van der Waals surface area contributed by atoms with Crippen LogP contribution in [-0.4, -0.2) is 42.0 Å². The maximum Gasteiger partial charge on any atom is 0.239 e. The Bertz CT molecular complexity index is 748. The highest BCUT2D eigenvalue weighted by Crippen LogP contribution is 2.24. The molecule has 0 bridgehead atoms. The molecule has 128 valence electrons. The van der Waals surface area contributed by atoms with Crippen LogP contribution in [0.25, 0.3) is 0 Å². The number of halogens is 2. The van der Waals surface area contributed by atoms with Crippen LogP contribution in [0.15, 0.2) is 28.8 Å². The van der Waals surface area contributed by atoms with Gasteiger partial charge in [-0.05, 0) is 32.2 Å². The quantitative estimate of drug-likeness (QED) is 0.816. The molecule has 7 nitrogen and oxygen atoms in total. The number of aryl methyl sites for hydroxylation is 1. The van der Waals surface area contributed by atoms with Crippen molar-refractivity contribution < 1.29 is 14.1 Å². The summed E-state index contributed by atoms with van der Waals surface area (Å²) in [5.41, 5.74) is 0.533. The molecule has 2 aromatic rings. The number of rotatable bonds is 6. The molecule has 2 amide bonds. The lowest BCUT2D eigenvalue weighted by Crippen LogP contribution is -2.36. The Morgan fingerprint density at radius 2 is 1.79 bits per heavy atom. The van der Waals surface area contributed by atoms with Crippen LogP contribution < -0.4 is 10.6 Å². The highest BCUT2D eigenvalue weighted by molar-refractivity contribution is 6.42. The molecule has 0 fully saturated rings. The number of nitrogens with zero attached hydrogens (tertiary/aromatic N) is 2. The first kappa shape index (κ1) is 18.3. The number of carbonyl (C=O) groups is 2. The number of hydrogen-bond acceptors (Lipinski definition) is 5. The molecule has 0 atom stereocenters. The van der Waals surface area contributed by atoms with Crippen molar-refractivity contribution in [2.24, 2.45) is 0 Å². The van der Waals surface area contributed by atoms with Crippen LogP contribution in [0, 0.1) is 6.92 Å². The lowest BCUT2D eigenvalue weighted by Gasteiger charge is -2.15. The maximum absolute atomic E-state index is 12.0. The van der Waals surface area contributed by atoms with Gasteiger partial charge in [0.25, 0.3) is 0 Å². The lowest BCUT2D eigenvalue weighted by molar-refractivity contribution is -0.119. The molecule has 0 spiro atoms. The van der Waals surface area contributed by atoms with Crippen LogP contribution in [0.4, 0.5) is 11.5 Å². The SMILES string of the molecule is Cc1cc(NC(=O)CN(C)CC(=O)Nc2ccc(Cl)c(Cl)c2)no1. The van der Waals surface area contributed by atoms with E-state index in [1.165, 1.54) is 0 Å². The maximum atomic E-state index is 12.0. The minimum absolute atomic E-state index is 0.0285. The van der Waals surface area contributed by atoms with Gasteiger partial charge in [0.05, 0.1) is 23.1 Å². The summed E-state index contributed by atoms with van der Waals surface area (Å²) in [4.78, 5) is 25.4. The van der Waals surface area contributed by atoms with Gasteiger partial charge >= 0.3 is 0 Å². The summed E-state index contributed by atoms with van der Waals surface area (Å²) in [6, 6.07) is 6.40. The van der Waals surface area contributed by atoms with E-state index in [-0.39, 0.29) is 24.9 Å². The Hall–Kier alpha value is -2.09. The smallest absolute Gasteiger partial charge is 0.239 e. The van der Waals surface area contributed by atoms with E-state index >= 15 is 0 Å². The van der Waals surface area contributed by atoms with Gasteiger partial charge < -0.3 is 15.2 Å². The van der Waals surface area contributed by atoms with E-state index in [1.807, 2.05) is 0 Å². The van der Waals surface area contributed by atoms with Gasteiger partial charge in [0.2, 0.25) is 11.8 Å². The summed E-state index contributed by atoms with van der Waals surface area (Å²) in [7, 11) is 1.65. The summed E-state index contributed by atoms with van der Waals surface area (Å²) in [6.07, 6.45) is 0. The summed E-state index contributed by atoms with van der Waals surface area (Å²) >= 11 is 11.7. The first-order chi connectivity index (χ1) is 11.3. The highest BCUT2D eigenvalue weighted by Gasteiger charge is 2.13. The lowest BCUT2D eigenvalue weighted by atomic mass is 10.3. The number of anilines is 2. The molecule has 1 aromatic carbocycles. The fourth-order valence-corrected chi connectivity index (χ4v) is 2.23.